The van der Waals surface area contributed by atoms with Gasteiger partial charge in [-0.3, -0.25) is 9.36 Å². The second-order valence-electron chi connectivity index (χ2n) is 16.0. The number of quaternary nitrogens is 1. The predicted molar refractivity (Wildman–Crippen MR) is 219 cm³/mol. The smallest absolute Gasteiger partial charge is 0.268 e. The number of allylic oxidation sites excluding steroid dienone is 3. The van der Waals surface area contributed by atoms with Crippen LogP contribution in [-0.2, 0) is 18.4 Å². The van der Waals surface area contributed by atoms with Gasteiger partial charge in [-0.05, 0) is 32.1 Å². The quantitative estimate of drug-likeness (QED) is 0.0280. The van der Waals surface area contributed by atoms with Crippen LogP contribution in [0.5, 0.6) is 0 Å². The van der Waals surface area contributed by atoms with Crippen LogP contribution in [0.1, 0.15) is 194 Å². The zero-order chi connectivity index (χ0) is 38.6. The standard InChI is InChI=1S/C43H85N2O6P/c1-6-8-10-12-14-16-17-18-19-20-21-22-23-24-25-26-27-29-31-33-35-37-43(47)44-41(40-51-52(48,49)50-39-38-45(3,4)5)42(46)36-34-32-30-28-15-13-11-9-7-2/h15,28,34,36,41-42,46H,6-14,16-27,29-33,35,37-40H2,1-5H3,(H-,44,47,48,49)/b28-15+,36-34+/t41-,42+/m0/s1. The molecule has 0 heterocycles. The van der Waals surface area contributed by atoms with Crippen LogP contribution in [0.2, 0.25) is 0 Å². The van der Waals surface area contributed by atoms with Crippen LogP contribution in [-0.4, -0.2) is 68.5 Å². The molecule has 8 nitrogen and oxygen atoms in total. The minimum absolute atomic E-state index is 0.00476. The van der Waals surface area contributed by atoms with E-state index in [-0.39, 0.29) is 19.1 Å². The first kappa shape index (κ1) is 51.0. The molecule has 0 aliphatic carbocycles. The third-order valence-electron chi connectivity index (χ3n) is 9.66. The maximum absolute atomic E-state index is 12.8. The fourth-order valence-corrected chi connectivity index (χ4v) is 6.89. The van der Waals surface area contributed by atoms with Crippen molar-refractivity contribution in [3.63, 3.8) is 0 Å². The molecule has 0 aromatic carbocycles. The van der Waals surface area contributed by atoms with Crippen molar-refractivity contribution in [1.29, 1.82) is 0 Å². The van der Waals surface area contributed by atoms with Crippen molar-refractivity contribution in [3.05, 3.63) is 24.3 Å². The number of aliphatic hydroxyl groups excluding tert-OH is 1. The Hall–Kier alpha value is -1.02. The van der Waals surface area contributed by atoms with E-state index in [4.69, 9.17) is 9.05 Å². The van der Waals surface area contributed by atoms with Gasteiger partial charge in [-0.1, -0.05) is 179 Å². The third-order valence-corrected chi connectivity index (χ3v) is 10.6. The number of unbranched alkanes of at least 4 members (excludes halogenated alkanes) is 24. The first-order chi connectivity index (χ1) is 25.0. The summed E-state index contributed by atoms with van der Waals surface area (Å²) in [6, 6.07) is -0.896. The SMILES string of the molecule is CCCCC/C=C/CC/C=C/[C@@H](O)[C@H](COP(=O)([O-])OCC[N+](C)(C)C)NC(=O)CCCCCCCCCCCCCCCCCCCCCCC. The number of nitrogens with zero attached hydrogens (tertiary/aromatic N) is 1. The van der Waals surface area contributed by atoms with Crippen molar-refractivity contribution < 1.29 is 32.9 Å². The number of nitrogens with one attached hydrogen (secondary N) is 1. The average Bonchev–Trinajstić information content (AvgIpc) is 3.09. The Kier molecular flexibility index (Phi) is 35.0. The number of hydrogen-bond donors (Lipinski definition) is 2. The highest BCUT2D eigenvalue weighted by atomic mass is 31.2. The van der Waals surface area contributed by atoms with Gasteiger partial charge in [0, 0.05) is 6.42 Å². The van der Waals surface area contributed by atoms with Gasteiger partial charge in [-0.25, -0.2) is 0 Å². The van der Waals surface area contributed by atoms with Crippen molar-refractivity contribution in [3.8, 4) is 0 Å². The lowest BCUT2D eigenvalue weighted by molar-refractivity contribution is -0.870. The summed E-state index contributed by atoms with van der Waals surface area (Å²) in [6.07, 6.45) is 41.0. The van der Waals surface area contributed by atoms with E-state index in [1.807, 2.05) is 27.2 Å². The maximum Gasteiger partial charge on any atom is 0.268 e. The van der Waals surface area contributed by atoms with Crippen LogP contribution in [0.3, 0.4) is 0 Å². The Morgan fingerprint density at radius 2 is 1.08 bits per heavy atom. The number of carbonyl (C=O) groups is 1. The summed E-state index contributed by atoms with van der Waals surface area (Å²) in [5.74, 6) is -0.208. The molecule has 0 rings (SSSR count). The predicted octanol–water partition coefficient (Wildman–Crippen LogP) is 11.1. The number of phosphoric acid groups is 1. The normalized spacial score (nSPS) is 14.7. The first-order valence-corrected chi connectivity index (χ1v) is 23.2. The van der Waals surface area contributed by atoms with Crippen molar-refractivity contribution in [2.75, 3.05) is 40.9 Å². The second kappa shape index (κ2) is 35.7. The van der Waals surface area contributed by atoms with Gasteiger partial charge < -0.3 is 28.8 Å². The molecule has 0 aromatic heterocycles. The largest absolute Gasteiger partial charge is 0.756 e. The van der Waals surface area contributed by atoms with E-state index in [0.29, 0.717) is 17.4 Å². The molecule has 0 fully saturated rings. The van der Waals surface area contributed by atoms with Gasteiger partial charge in [0.05, 0.1) is 39.9 Å². The van der Waals surface area contributed by atoms with Gasteiger partial charge in [0.1, 0.15) is 13.2 Å². The Bertz CT molecular complexity index is 907. The molecule has 0 aromatic rings. The Labute approximate surface area is 322 Å². The molecule has 0 bridgehead atoms. The van der Waals surface area contributed by atoms with Crippen molar-refractivity contribution in [2.24, 2.45) is 0 Å². The number of carbonyl (C=O) groups excluding carboxylic acids is 1. The highest BCUT2D eigenvalue weighted by molar-refractivity contribution is 7.45. The minimum Gasteiger partial charge on any atom is -0.756 e. The highest BCUT2D eigenvalue weighted by Gasteiger charge is 2.23. The molecule has 1 amide bonds. The van der Waals surface area contributed by atoms with Gasteiger partial charge in [-0.2, -0.15) is 0 Å². The molecule has 0 radical (unpaired) electrons. The van der Waals surface area contributed by atoms with Gasteiger partial charge >= 0.3 is 0 Å². The Morgan fingerprint density at radius 1 is 0.654 bits per heavy atom. The number of likely N-dealkylation sites (N-methyl/N-ethyl adjacent to an activating group) is 1. The van der Waals surface area contributed by atoms with Gasteiger partial charge in [0.2, 0.25) is 5.91 Å². The zero-order valence-electron chi connectivity index (χ0n) is 34.8. The van der Waals surface area contributed by atoms with E-state index in [0.717, 1.165) is 38.5 Å². The Balaban J connectivity index is 4.24. The molecule has 2 N–H and O–H groups in total. The number of amides is 1. The maximum atomic E-state index is 12.8. The van der Waals surface area contributed by atoms with Crippen molar-refractivity contribution in [2.45, 2.75) is 206 Å². The van der Waals surface area contributed by atoms with E-state index in [1.54, 1.807) is 6.08 Å². The highest BCUT2D eigenvalue weighted by Crippen LogP contribution is 2.38. The lowest BCUT2D eigenvalue weighted by atomic mass is 10.0. The molecule has 0 aliphatic rings. The van der Waals surface area contributed by atoms with Crippen LogP contribution in [0.15, 0.2) is 24.3 Å². The molecule has 52 heavy (non-hydrogen) atoms. The summed E-state index contributed by atoms with van der Waals surface area (Å²) < 4.78 is 23.1. The molecule has 0 saturated heterocycles. The molecule has 0 aliphatic heterocycles. The molecular weight excluding hydrogens is 671 g/mol. The second-order valence-corrected chi connectivity index (χ2v) is 17.5. The number of hydrogen-bond acceptors (Lipinski definition) is 6. The summed E-state index contributed by atoms with van der Waals surface area (Å²) in [5.41, 5.74) is 0. The molecule has 1 unspecified atom stereocenters. The topological polar surface area (TPSA) is 108 Å². The lowest BCUT2D eigenvalue weighted by Crippen LogP contribution is -2.45. The lowest BCUT2D eigenvalue weighted by Gasteiger charge is -2.29. The van der Waals surface area contributed by atoms with Gasteiger partial charge in [0.25, 0.3) is 7.82 Å². The van der Waals surface area contributed by atoms with Crippen LogP contribution in [0.4, 0.5) is 0 Å². The molecule has 0 saturated carbocycles. The third kappa shape index (κ3) is 37.3. The van der Waals surface area contributed by atoms with Gasteiger partial charge in [0.15, 0.2) is 0 Å². The van der Waals surface area contributed by atoms with Crippen LogP contribution >= 0.6 is 7.82 Å². The number of phosphoric ester groups is 1. The molecule has 308 valence electrons. The van der Waals surface area contributed by atoms with Crippen LogP contribution in [0.25, 0.3) is 0 Å². The van der Waals surface area contributed by atoms with E-state index in [2.05, 4.69) is 31.3 Å². The minimum atomic E-state index is -4.58. The summed E-state index contributed by atoms with van der Waals surface area (Å²) in [6.45, 7) is 4.57. The molecule has 9 heteroatoms. The summed E-state index contributed by atoms with van der Waals surface area (Å²) in [4.78, 5) is 25.2. The van der Waals surface area contributed by atoms with Crippen molar-refractivity contribution in [1.82, 2.24) is 5.32 Å². The van der Waals surface area contributed by atoms with Crippen molar-refractivity contribution >= 4 is 13.7 Å². The Morgan fingerprint density at radius 3 is 1.56 bits per heavy atom. The van der Waals surface area contributed by atoms with Crippen LogP contribution < -0.4 is 10.2 Å². The van der Waals surface area contributed by atoms with E-state index in [1.165, 1.54) is 135 Å². The number of rotatable bonds is 39. The first-order valence-electron chi connectivity index (χ1n) is 21.7. The zero-order valence-corrected chi connectivity index (χ0v) is 35.7. The summed E-state index contributed by atoms with van der Waals surface area (Å²) >= 11 is 0. The van der Waals surface area contributed by atoms with Gasteiger partial charge in [-0.15, -0.1) is 0 Å². The van der Waals surface area contributed by atoms with E-state index in [9.17, 15) is 19.4 Å². The number of aliphatic hydroxyl groups is 1. The fraction of sp³-hybridized carbons (Fsp3) is 0.884. The molecular formula is C43H85N2O6P. The van der Waals surface area contributed by atoms with E-state index >= 15 is 0 Å². The summed E-state index contributed by atoms with van der Waals surface area (Å²) in [7, 11) is 1.25. The monoisotopic (exact) mass is 757 g/mol. The summed E-state index contributed by atoms with van der Waals surface area (Å²) in [5, 5.41) is 13.7. The van der Waals surface area contributed by atoms with Crippen LogP contribution in [0, 0.1) is 0 Å². The molecule has 3 atom stereocenters. The average molecular weight is 757 g/mol. The fourth-order valence-electron chi connectivity index (χ4n) is 6.17. The van der Waals surface area contributed by atoms with E-state index < -0.39 is 20.0 Å². The molecule has 0 spiro atoms.